The van der Waals surface area contributed by atoms with Crippen LogP contribution < -0.4 is 10.7 Å². The molecule has 0 aromatic carbocycles. The molecule has 176 valence electrons. The molecule has 3 fully saturated rings. The molecule has 1 unspecified atom stereocenters. The van der Waals surface area contributed by atoms with Crippen LogP contribution in [0, 0.1) is 11.8 Å². The molecule has 0 spiro atoms. The molecule has 0 aromatic rings. The van der Waals surface area contributed by atoms with Gasteiger partial charge in [0.2, 0.25) is 11.7 Å². The lowest BCUT2D eigenvalue weighted by atomic mass is 9.85. The monoisotopic (exact) mass is 474 g/mol. The molecule has 2 heterocycles. The average molecular weight is 475 g/mol. The first-order chi connectivity index (χ1) is 14.3. The summed E-state index contributed by atoms with van der Waals surface area (Å²) in [5.74, 6) is -0.815. The Bertz CT molecular complexity index is 691. The highest BCUT2D eigenvalue weighted by atomic mass is 35.5. The van der Waals surface area contributed by atoms with Gasteiger partial charge in [0.05, 0.1) is 0 Å². The van der Waals surface area contributed by atoms with Crippen LogP contribution in [0.1, 0.15) is 58.8 Å². The van der Waals surface area contributed by atoms with Gasteiger partial charge in [-0.05, 0) is 45.4 Å². The van der Waals surface area contributed by atoms with Gasteiger partial charge in [-0.3, -0.25) is 14.4 Å². The zero-order valence-electron chi connectivity index (χ0n) is 18.6. The molecule has 3 rings (SSSR count). The maximum Gasteiger partial charge on any atom is 0.309 e. The Labute approximate surface area is 195 Å². The molecule has 2 aliphatic heterocycles. The molecule has 2 amide bonds. The largest absolute Gasteiger partial charge is 0.381 e. The van der Waals surface area contributed by atoms with Gasteiger partial charge in [0.15, 0.2) is 5.17 Å². The molecule has 2 N–H and O–H groups in total. The lowest BCUT2D eigenvalue weighted by molar-refractivity contribution is -0.142. The van der Waals surface area contributed by atoms with E-state index in [4.69, 9.17) is 4.74 Å². The minimum atomic E-state index is -0.825. The highest BCUT2D eigenvalue weighted by Gasteiger charge is 2.37. The summed E-state index contributed by atoms with van der Waals surface area (Å²) in [4.78, 5) is 40.4. The molecule has 3 aliphatic rings. The summed E-state index contributed by atoms with van der Waals surface area (Å²) in [5, 5.41) is 7.76. The van der Waals surface area contributed by atoms with Gasteiger partial charge >= 0.3 is 5.91 Å². The van der Waals surface area contributed by atoms with Crippen molar-refractivity contribution in [2.75, 3.05) is 26.0 Å². The van der Waals surface area contributed by atoms with E-state index in [1.165, 1.54) is 0 Å². The number of ketones is 1. The smallest absolute Gasteiger partial charge is 0.309 e. The standard InChI is InChI=1S/C21H34N4O4S.ClH/c1-21(2)13-30-20(25(21)3)24-23-19(28)17(26)16(14-9-11-29-12-10-14)22-18(27)15-7-5-4-6-8-15;/h14-16H,4-13H2,1-3H3,(H,22,27)(H,23,28);1H. The molecule has 10 heteroatoms. The molecule has 0 bridgehead atoms. The molecule has 1 atom stereocenters. The Morgan fingerprint density at radius 3 is 2.35 bits per heavy atom. The number of Topliss-reactive ketones (excluding diaryl/α,β-unsaturated/α-hetero) is 1. The van der Waals surface area contributed by atoms with Crippen molar-refractivity contribution in [3.05, 3.63) is 0 Å². The van der Waals surface area contributed by atoms with E-state index in [1.807, 2.05) is 11.9 Å². The number of halogens is 1. The predicted octanol–water partition coefficient (Wildman–Crippen LogP) is 2.31. The molecule has 0 radical (unpaired) electrons. The van der Waals surface area contributed by atoms with E-state index >= 15 is 0 Å². The van der Waals surface area contributed by atoms with Crippen LogP contribution in [0.15, 0.2) is 5.10 Å². The lowest BCUT2D eigenvalue weighted by Crippen LogP contribution is -2.53. The van der Waals surface area contributed by atoms with Gasteiger partial charge in [0.25, 0.3) is 0 Å². The van der Waals surface area contributed by atoms with Gasteiger partial charge in [-0.1, -0.05) is 31.0 Å². The maximum atomic E-state index is 13.0. The van der Waals surface area contributed by atoms with E-state index in [-0.39, 0.29) is 35.7 Å². The van der Waals surface area contributed by atoms with Crippen LogP contribution >= 0.6 is 24.2 Å². The molecular formula is C21H35ClN4O4S. The number of amidine groups is 1. The van der Waals surface area contributed by atoms with E-state index in [1.54, 1.807) is 11.8 Å². The first kappa shape index (κ1) is 25.9. The van der Waals surface area contributed by atoms with Crippen LogP contribution in [0.2, 0.25) is 0 Å². The second kappa shape index (κ2) is 11.5. The zero-order valence-corrected chi connectivity index (χ0v) is 20.3. The molecule has 8 nitrogen and oxygen atoms in total. The molecule has 31 heavy (non-hydrogen) atoms. The molecule has 1 saturated carbocycles. The Morgan fingerprint density at radius 2 is 1.77 bits per heavy atom. The van der Waals surface area contributed by atoms with Crippen LogP contribution in [-0.4, -0.2) is 65.3 Å². The quantitative estimate of drug-likeness (QED) is 0.452. The third-order valence-electron chi connectivity index (χ3n) is 6.52. The van der Waals surface area contributed by atoms with Crippen LogP contribution in [0.5, 0.6) is 0 Å². The number of ether oxygens (including phenoxy) is 1. The van der Waals surface area contributed by atoms with Gasteiger partial charge in [-0.15, -0.1) is 17.5 Å². The van der Waals surface area contributed by atoms with Crippen molar-refractivity contribution in [2.45, 2.75) is 70.4 Å². The fourth-order valence-electron chi connectivity index (χ4n) is 4.18. The van der Waals surface area contributed by atoms with E-state index in [0.717, 1.165) is 37.9 Å². The normalized spacial score (nSPS) is 24.4. The van der Waals surface area contributed by atoms with Gasteiger partial charge in [0.1, 0.15) is 6.04 Å². The minimum absolute atomic E-state index is 0. The van der Waals surface area contributed by atoms with Crippen molar-refractivity contribution in [1.82, 2.24) is 15.6 Å². The van der Waals surface area contributed by atoms with Crippen LogP contribution in [0.25, 0.3) is 0 Å². The predicted molar refractivity (Wildman–Crippen MR) is 124 cm³/mol. The van der Waals surface area contributed by atoms with Crippen molar-refractivity contribution >= 4 is 46.9 Å². The second-order valence-corrected chi connectivity index (χ2v) is 10.1. The summed E-state index contributed by atoms with van der Waals surface area (Å²) < 4.78 is 5.40. The molecule has 0 aromatic heterocycles. The van der Waals surface area contributed by atoms with Gasteiger partial charge in [-0.2, -0.15) is 0 Å². The number of carbonyl (C=O) groups excluding carboxylic acids is 3. The summed E-state index contributed by atoms with van der Waals surface area (Å²) in [6.07, 6.45) is 6.21. The van der Waals surface area contributed by atoms with Gasteiger partial charge in [-0.25, -0.2) is 5.43 Å². The number of nitrogens with one attached hydrogen (secondary N) is 2. The molecule has 1 aliphatic carbocycles. The fourth-order valence-corrected chi connectivity index (χ4v) is 5.41. The summed E-state index contributed by atoms with van der Waals surface area (Å²) in [5.41, 5.74) is 2.36. The first-order valence-corrected chi connectivity index (χ1v) is 11.9. The summed E-state index contributed by atoms with van der Waals surface area (Å²) in [6, 6.07) is -0.825. The number of hydrogen-bond acceptors (Lipinski definition) is 6. The van der Waals surface area contributed by atoms with Crippen molar-refractivity contribution < 1.29 is 19.1 Å². The number of rotatable bonds is 6. The second-order valence-electron chi connectivity index (χ2n) is 9.13. The van der Waals surface area contributed by atoms with E-state index in [0.29, 0.717) is 31.2 Å². The van der Waals surface area contributed by atoms with Crippen LogP contribution in [-0.2, 0) is 19.1 Å². The van der Waals surface area contributed by atoms with Gasteiger partial charge < -0.3 is 15.0 Å². The highest BCUT2D eigenvalue weighted by molar-refractivity contribution is 8.14. The zero-order chi connectivity index (χ0) is 21.7. The Kier molecular flexibility index (Phi) is 9.64. The lowest BCUT2D eigenvalue weighted by Gasteiger charge is -2.31. The van der Waals surface area contributed by atoms with Crippen molar-refractivity contribution in [1.29, 1.82) is 0 Å². The highest BCUT2D eigenvalue weighted by Crippen LogP contribution is 2.30. The summed E-state index contributed by atoms with van der Waals surface area (Å²) >= 11 is 1.54. The van der Waals surface area contributed by atoms with E-state index < -0.39 is 17.7 Å². The van der Waals surface area contributed by atoms with E-state index in [2.05, 4.69) is 29.7 Å². The number of nitrogens with zero attached hydrogens (tertiary/aromatic N) is 2. The first-order valence-electron chi connectivity index (χ1n) is 11.0. The maximum absolute atomic E-state index is 13.0. The Hall–Kier alpha value is -1.32. The van der Waals surface area contributed by atoms with Crippen LogP contribution in [0.4, 0.5) is 0 Å². The van der Waals surface area contributed by atoms with Crippen molar-refractivity contribution in [2.24, 2.45) is 16.9 Å². The number of thioether (sulfide) groups is 1. The summed E-state index contributed by atoms with van der Waals surface area (Å²) in [7, 11) is 1.92. The third-order valence-corrected chi connectivity index (χ3v) is 7.99. The molecular weight excluding hydrogens is 440 g/mol. The summed E-state index contributed by atoms with van der Waals surface area (Å²) in [6.45, 7) is 5.26. The SMILES string of the molecule is CN1C(=NNC(=O)C(=O)C(NC(=O)C2CCCCC2)C2CCOCC2)SCC1(C)C.Cl. The molecule has 2 saturated heterocycles. The third kappa shape index (κ3) is 6.58. The van der Waals surface area contributed by atoms with E-state index in [9.17, 15) is 14.4 Å². The average Bonchev–Trinajstić information content (AvgIpc) is 3.03. The number of hydrazone groups is 1. The Balaban J connectivity index is 0.00000341. The number of amides is 2. The number of hydrogen-bond donors (Lipinski definition) is 2. The topological polar surface area (TPSA) is 100 Å². The van der Waals surface area contributed by atoms with Crippen LogP contribution in [0.3, 0.4) is 0 Å². The number of carbonyl (C=O) groups is 3. The minimum Gasteiger partial charge on any atom is -0.381 e. The Morgan fingerprint density at radius 1 is 1.13 bits per heavy atom. The van der Waals surface area contributed by atoms with Crippen molar-refractivity contribution in [3.63, 3.8) is 0 Å². The van der Waals surface area contributed by atoms with Crippen molar-refractivity contribution in [3.8, 4) is 0 Å². The van der Waals surface area contributed by atoms with Gasteiger partial charge in [0, 0.05) is 37.5 Å². The fraction of sp³-hybridized carbons (Fsp3) is 0.810.